The molecule has 0 spiro atoms. The van der Waals surface area contributed by atoms with Gasteiger partial charge in [0.1, 0.15) is 5.82 Å². The van der Waals surface area contributed by atoms with E-state index in [0.29, 0.717) is 37.6 Å². The van der Waals surface area contributed by atoms with Gasteiger partial charge in [-0.1, -0.05) is 25.7 Å². The van der Waals surface area contributed by atoms with E-state index >= 15 is 0 Å². The summed E-state index contributed by atoms with van der Waals surface area (Å²) in [5.41, 5.74) is -1.64. The standard InChI is InChI=1S/C20H24F4N2O2/c21-17-7-6-15(13-16(17)20(22,23)24)19(28)26-11-9-25(10-12-26)18(27)8-5-14-3-1-2-4-14/h6-7,13-14H,1-5,8-12H2. The average molecular weight is 400 g/mol. The average Bonchev–Trinajstić information content (AvgIpc) is 3.19. The minimum atomic E-state index is -4.86. The molecule has 1 aromatic rings. The van der Waals surface area contributed by atoms with Crippen LogP contribution in [0.2, 0.25) is 0 Å². The monoisotopic (exact) mass is 400 g/mol. The number of hydrogen-bond donors (Lipinski definition) is 0. The minimum absolute atomic E-state index is 0.0696. The topological polar surface area (TPSA) is 40.6 Å². The van der Waals surface area contributed by atoms with Crippen molar-refractivity contribution in [3.05, 3.63) is 35.1 Å². The summed E-state index contributed by atoms with van der Waals surface area (Å²) >= 11 is 0. The molecule has 2 fully saturated rings. The maximum atomic E-state index is 13.4. The molecule has 0 unspecified atom stereocenters. The SMILES string of the molecule is O=C(CCC1CCCC1)N1CCN(C(=O)c2ccc(F)c(C(F)(F)F)c2)CC1. The molecule has 0 N–H and O–H groups in total. The summed E-state index contributed by atoms with van der Waals surface area (Å²) in [6.07, 6.45) is 1.39. The van der Waals surface area contributed by atoms with Crippen molar-refractivity contribution in [1.82, 2.24) is 9.80 Å². The molecule has 1 heterocycles. The molecule has 4 nitrogen and oxygen atoms in total. The minimum Gasteiger partial charge on any atom is -0.339 e. The van der Waals surface area contributed by atoms with E-state index < -0.39 is 23.5 Å². The largest absolute Gasteiger partial charge is 0.419 e. The first-order chi connectivity index (χ1) is 13.3. The van der Waals surface area contributed by atoms with E-state index in [2.05, 4.69) is 0 Å². The number of carbonyl (C=O) groups is 2. The van der Waals surface area contributed by atoms with E-state index in [0.717, 1.165) is 12.5 Å². The Hall–Kier alpha value is -2.12. The number of nitrogens with zero attached hydrogens (tertiary/aromatic N) is 2. The molecule has 1 aromatic carbocycles. The van der Waals surface area contributed by atoms with E-state index in [-0.39, 0.29) is 24.6 Å². The molecular formula is C20H24F4N2O2. The first-order valence-electron chi connectivity index (χ1n) is 9.69. The fraction of sp³-hybridized carbons (Fsp3) is 0.600. The van der Waals surface area contributed by atoms with Gasteiger partial charge in [-0.15, -0.1) is 0 Å². The lowest BCUT2D eigenvalue weighted by molar-refractivity contribution is -0.140. The molecule has 0 atom stereocenters. The highest BCUT2D eigenvalue weighted by atomic mass is 19.4. The predicted octanol–water partition coefficient (Wildman–Crippen LogP) is 4.10. The van der Waals surface area contributed by atoms with Crippen LogP contribution < -0.4 is 0 Å². The van der Waals surface area contributed by atoms with E-state index in [1.54, 1.807) is 4.90 Å². The van der Waals surface area contributed by atoms with Gasteiger partial charge in [0.25, 0.3) is 5.91 Å². The number of amides is 2. The summed E-state index contributed by atoms with van der Waals surface area (Å²) in [7, 11) is 0. The summed E-state index contributed by atoms with van der Waals surface area (Å²) in [4.78, 5) is 28.0. The van der Waals surface area contributed by atoms with Crippen molar-refractivity contribution in [2.45, 2.75) is 44.7 Å². The van der Waals surface area contributed by atoms with Gasteiger partial charge in [0.2, 0.25) is 5.91 Å². The third-order valence-electron chi connectivity index (χ3n) is 5.68. The Balaban J connectivity index is 1.54. The molecule has 0 aromatic heterocycles. The summed E-state index contributed by atoms with van der Waals surface area (Å²) in [6, 6.07) is 2.28. The Bertz CT molecular complexity index is 721. The summed E-state index contributed by atoms with van der Waals surface area (Å²) < 4.78 is 52.0. The van der Waals surface area contributed by atoms with Gasteiger partial charge < -0.3 is 9.80 Å². The van der Waals surface area contributed by atoms with E-state index in [9.17, 15) is 27.2 Å². The molecular weight excluding hydrogens is 376 g/mol. The van der Waals surface area contributed by atoms with Gasteiger partial charge in [-0.2, -0.15) is 13.2 Å². The second-order valence-electron chi connectivity index (χ2n) is 7.55. The Morgan fingerprint density at radius 3 is 2.21 bits per heavy atom. The van der Waals surface area contributed by atoms with Crippen LogP contribution in [0, 0.1) is 11.7 Å². The first-order valence-corrected chi connectivity index (χ1v) is 9.69. The number of hydrogen-bond acceptors (Lipinski definition) is 2. The number of rotatable bonds is 4. The zero-order valence-electron chi connectivity index (χ0n) is 15.6. The van der Waals surface area contributed by atoms with Crippen LogP contribution in [0.3, 0.4) is 0 Å². The van der Waals surface area contributed by atoms with Crippen LogP contribution in [0.5, 0.6) is 0 Å². The predicted molar refractivity (Wildman–Crippen MR) is 95.1 cm³/mol. The van der Waals surface area contributed by atoms with Gasteiger partial charge in [0, 0.05) is 38.2 Å². The van der Waals surface area contributed by atoms with Crippen molar-refractivity contribution in [2.24, 2.45) is 5.92 Å². The molecule has 2 amide bonds. The van der Waals surface area contributed by atoms with Gasteiger partial charge in [-0.25, -0.2) is 4.39 Å². The molecule has 0 bridgehead atoms. The molecule has 1 saturated carbocycles. The van der Waals surface area contributed by atoms with Crippen LogP contribution in [0.4, 0.5) is 17.6 Å². The van der Waals surface area contributed by atoms with Crippen LogP contribution in [0.15, 0.2) is 18.2 Å². The third-order valence-corrected chi connectivity index (χ3v) is 5.68. The van der Waals surface area contributed by atoms with E-state index in [4.69, 9.17) is 0 Å². The maximum Gasteiger partial charge on any atom is 0.419 e. The molecule has 0 radical (unpaired) electrons. The summed E-state index contributed by atoms with van der Waals surface area (Å²) in [6.45, 7) is 1.24. The van der Waals surface area contributed by atoms with Crippen molar-refractivity contribution in [3.63, 3.8) is 0 Å². The smallest absolute Gasteiger partial charge is 0.339 e. The summed E-state index contributed by atoms with van der Waals surface area (Å²) in [5.74, 6) is -1.28. The Kier molecular flexibility index (Phi) is 6.25. The fourth-order valence-electron chi connectivity index (χ4n) is 4.00. The van der Waals surface area contributed by atoms with Gasteiger partial charge in [0.15, 0.2) is 0 Å². The molecule has 2 aliphatic rings. The van der Waals surface area contributed by atoms with Gasteiger partial charge in [-0.3, -0.25) is 9.59 Å². The zero-order valence-corrected chi connectivity index (χ0v) is 15.6. The highest BCUT2D eigenvalue weighted by Gasteiger charge is 2.35. The third kappa shape index (κ3) is 4.83. The zero-order chi connectivity index (χ0) is 20.3. The molecule has 1 aliphatic heterocycles. The molecule has 154 valence electrons. The van der Waals surface area contributed by atoms with Crippen molar-refractivity contribution < 1.29 is 27.2 Å². The van der Waals surface area contributed by atoms with Crippen LogP contribution in [0.25, 0.3) is 0 Å². The van der Waals surface area contributed by atoms with Crippen LogP contribution in [-0.2, 0) is 11.0 Å². The molecule has 3 rings (SSSR count). The first kappa shape index (κ1) is 20.6. The number of halogens is 4. The lowest BCUT2D eigenvalue weighted by atomic mass is 10.0. The van der Waals surface area contributed by atoms with E-state index in [1.807, 2.05) is 0 Å². The number of carbonyl (C=O) groups excluding carboxylic acids is 2. The number of piperazine rings is 1. The Morgan fingerprint density at radius 1 is 1.00 bits per heavy atom. The fourth-order valence-corrected chi connectivity index (χ4v) is 4.00. The Labute approximate surface area is 161 Å². The van der Waals surface area contributed by atoms with Gasteiger partial charge in [-0.05, 0) is 30.5 Å². The van der Waals surface area contributed by atoms with Crippen molar-refractivity contribution in [3.8, 4) is 0 Å². The second-order valence-corrected chi connectivity index (χ2v) is 7.55. The van der Waals surface area contributed by atoms with Gasteiger partial charge >= 0.3 is 6.18 Å². The lowest BCUT2D eigenvalue weighted by Gasteiger charge is -2.35. The molecule has 8 heteroatoms. The van der Waals surface area contributed by atoms with Crippen molar-refractivity contribution in [2.75, 3.05) is 26.2 Å². The van der Waals surface area contributed by atoms with Crippen LogP contribution in [-0.4, -0.2) is 47.8 Å². The van der Waals surface area contributed by atoms with Crippen molar-refractivity contribution in [1.29, 1.82) is 0 Å². The van der Waals surface area contributed by atoms with Crippen LogP contribution in [0.1, 0.15) is 54.4 Å². The summed E-state index contributed by atoms with van der Waals surface area (Å²) in [5, 5.41) is 0. The maximum absolute atomic E-state index is 13.4. The van der Waals surface area contributed by atoms with Gasteiger partial charge in [0.05, 0.1) is 5.56 Å². The number of benzene rings is 1. The Morgan fingerprint density at radius 2 is 1.61 bits per heavy atom. The molecule has 1 aliphatic carbocycles. The second kappa shape index (κ2) is 8.49. The van der Waals surface area contributed by atoms with Crippen molar-refractivity contribution >= 4 is 11.8 Å². The normalized spacial score (nSPS) is 18.6. The quantitative estimate of drug-likeness (QED) is 0.714. The number of alkyl halides is 3. The molecule has 28 heavy (non-hydrogen) atoms. The van der Waals surface area contributed by atoms with E-state index in [1.165, 1.54) is 30.6 Å². The highest BCUT2D eigenvalue weighted by molar-refractivity contribution is 5.94. The van der Waals surface area contributed by atoms with Crippen LogP contribution >= 0.6 is 0 Å². The molecule has 1 saturated heterocycles. The lowest BCUT2D eigenvalue weighted by Crippen LogP contribution is -2.50. The highest BCUT2D eigenvalue weighted by Crippen LogP contribution is 2.32.